The molecule has 0 atom stereocenters. The van der Waals surface area contributed by atoms with Crippen molar-refractivity contribution < 1.29 is 14.2 Å². The molecule has 0 fully saturated rings. The molecule has 0 bridgehead atoms. The molecule has 3 N–H and O–H groups in total. The summed E-state index contributed by atoms with van der Waals surface area (Å²) in [5, 5.41) is 3.09. The topological polar surface area (TPSA) is 78.1 Å². The number of benzene rings is 2. The molecule has 0 aliphatic rings. The number of halogens is 1. The van der Waals surface area contributed by atoms with E-state index in [2.05, 4.69) is 10.3 Å². The SMILES string of the molecule is COc1ccc(CNC(N)=NCc2ccc(OC)c(OC)c2)cc1.I. The second-order valence-corrected chi connectivity index (χ2v) is 5.09. The average Bonchev–Trinajstić information content (AvgIpc) is 2.64. The summed E-state index contributed by atoms with van der Waals surface area (Å²) >= 11 is 0. The standard InChI is InChI=1S/C18H23N3O3.HI/c1-22-15-7-4-13(5-8-15)11-20-18(19)21-12-14-6-9-16(23-2)17(10-14)24-3;/h4-10H,11-12H2,1-3H3,(H3,19,20,21);1H. The lowest BCUT2D eigenvalue weighted by Gasteiger charge is -2.09. The lowest BCUT2D eigenvalue weighted by molar-refractivity contribution is 0.354. The highest BCUT2D eigenvalue weighted by molar-refractivity contribution is 14.0. The maximum absolute atomic E-state index is 5.91. The number of rotatable bonds is 7. The third-order valence-electron chi connectivity index (χ3n) is 3.51. The number of ether oxygens (including phenoxy) is 3. The number of nitrogens with zero attached hydrogens (tertiary/aromatic N) is 1. The van der Waals surface area contributed by atoms with E-state index in [0.29, 0.717) is 30.5 Å². The van der Waals surface area contributed by atoms with Crippen molar-refractivity contribution in [1.82, 2.24) is 5.32 Å². The maximum atomic E-state index is 5.91. The molecule has 25 heavy (non-hydrogen) atoms. The van der Waals surface area contributed by atoms with E-state index in [0.717, 1.165) is 16.9 Å². The van der Waals surface area contributed by atoms with Crippen molar-refractivity contribution in [3.05, 3.63) is 53.6 Å². The van der Waals surface area contributed by atoms with E-state index >= 15 is 0 Å². The van der Waals surface area contributed by atoms with Crippen LogP contribution in [-0.4, -0.2) is 27.3 Å². The molecule has 0 heterocycles. The van der Waals surface area contributed by atoms with Gasteiger partial charge in [0, 0.05) is 6.54 Å². The lowest BCUT2D eigenvalue weighted by atomic mass is 10.2. The smallest absolute Gasteiger partial charge is 0.189 e. The molecule has 0 unspecified atom stereocenters. The van der Waals surface area contributed by atoms with Crippen LogP contribution in [0.4, 0.5) is 0 Å². The van der Waals surface area contributed by atoms with Crippen LogP contribution in [0.2, 0.25) is 0 Å². The highest BCUT2D eigenvalue weighted by atomic mass is 127. The van der Waals surface area contributed by atoms with Crippen LogP contribution in [-0.2, 0) is 13.1 Å². The largest absolute Gasteiger partial charge is 0.497 e. The molecular formula is C18H24IN3O3. The van der Waals surface area contributed by atoms with Gasteiger partial charge in [0.05, 0.1) is 27.9 Å². The van der Waals surface area contributed by atoms with Crippen molar-refractivity contribution in [2.24, 2.45) is 10.7 Å². The number of hydrogen-bond acceptors (Lipinski definition) is 4. The van der Waals surface area contributed by atoms with E-state index < -0.39 is 0 Å². The van der Waals surface area contributed by atoms with E-state index in [1.54, 1.807) is 21.3 Å². The molecule has 7 heteroatoms. The van der Waals surface area contributed by atoms with Gasteiger partial charge in [-0.15, -0.1) is 24.0 Å². The fourth-order valence-electron chi connectivity index (χ4n) is 2.15. The van der Waals surface area contributed by atoms with Crippen molar-refractivity contribution in [2.45, 2.75) is 13.1 Å². The van der Waals surface area contributed by atoms with Gasteiger partial charge < -0.3 is 25.3 Å². The van der Waals surface area contributed by atoms with Gasteiger partial charge in [0.25, 0.3) is 0 Å². The number of nitrogens with one attached hydrogen (secondary N) is 1. The summed E-state index contributed by atoms with van der Waals surface area (Å²) in [7, 11) is 4.86. The number of hydrogen-bond donors (Lipinski definition) is 2. The van der Waals surface area contributed by atoms with Crippen LogP contribution < -0.4 is 25.3 Å². The second kappa shape index (κ2) is 10.7. The van der Waals surface area contributed by atoms with Gasteiger partial charge in [-0.3, -0.25) is 0 Å². The van der Waals surface area contributed by atoms with Crippen molar-refractivity contribution in [2.75, 3.05) is 21.3 Å². The zero-order valence-corrected chi connectivity index (χ0v) is 16.9. The Morgan fingerprint density at radius 2 is 1.56 bits per heavy atom. The van der Waals surface area contributed by atoms with Crippen LogP contribution in [0.3, 0.4) is 0 Å². The predicted octanol–water partition coefficient (Wildman–Crippen LogP) is 2.93. The first kappa shape index (κ1) is 20.9. The third kappa shape index (κ3) is 6.33. The molecule has 2 aromatic rings. The molecule has 6 nitrogen and oxygen atoms in total. The molecule has 0 saturated heterocycles. The number of methoxy groups -OCH3 is 3. The van der Waals surface area contributed by atoms with Crippen LogP contribution in [0.15, 0.2) is 47.5 Å². The first-order valence-corrected chi connectivity index (χ1v) is 7.54. The zero-order valence-electron chi connectivity index (χ0n) is 14.6. The quantitative estimate of drug-likeness (QED) is 0.380. The number of aliphatic imine (C=N–C) groups is 1. The summed E-state index contributed by atoms with van der Waals surface area (Å²) in [5.74, 6) is 2.58. The summed E-state index contributed by atoms with van der Waals surface area (Å²) in [5.41, 5.74) is 8.00. The Hall–Kier alpha value is -2.16. The minimum atomic E-state index is 0. The molecule has 0 amide bonds. The minimum Gasteiger partial charge on any atom is -0.497 e. The Kier molecular flexibility index (Phi) is 8.90. The highest BCUT2D eigenvalue weighted by Gasteiger charge is 2.04. The fraction of sp³-hybridized carbons (Fsp3) is 0.278. The summed E-state index contributed by atoms with van der Waals surface area (Å²) in [6.45, 7) is 1.06. The molecular weight excluding hydrogens is 433 g/mol. The first-order valence-electron chi connectivity index (χ1n) is 7.54. The van der Waals surface area contributed by atoms with Gasteiger partial charge in [0.1, 0.15) is 5.75 Å². The second-order valence-electron chi connectivity index (χ2n) is 5.09. The normalized spacial score (nSPS) is 10.6. The molecule has 0 saturated carbocycles. The Balaban J connectivity index is 0.00000312. The predicted molar refractivity (Wildman–Crippen MR) is 110 cm³/mol. The maximum Gasteiger partial charge on any atom is 0.189 e. The van der Waals surface area contributed by atoms with Crippen LogP contribution in [0.5, 0.6) is 17.2 Å². The number of guanidine groups is 1. The first-order chi connectivity index (χ1) is 11.7. The molecule has 2 aromatic carbocycles. The number of nitrogens with two attached hydrogens (primary N) is 1. The van der Waals surface area contributed by atoms with Gasteiger partial charge >= 0.3 is 0 Å². The molecule has 0 spiro atoms. The summed E-state index contributed by atoms with van der Waals surface area (Å²) in [6, 6.07) is 13.5. The van der Waals surface area contributed by atoms with Gasteiger partial charge in [0.15, 0.2) is 17.5 Å². The van der Waals surface area contributed by atoms with E-state index in [9.17, 15) is 0 Å². The van der Waals surface area contributed by atoms with Crippen molar-refractivity contribution in [1.29, 1.82) is 0 Å². The fourth-order valence-corrected chi connectivity index (χ4v) is 2.15. The van der Waals surface area contributed by atoms with Crippen molar-refractivity contribution in [3.8, 4) is 17.2 Å². The Morgan fingerprint density at radius 1 is 0.920 bits per heavy atom. The molecule has 0 radical (unpaired) electrons. The van der Waals surface area contributed by atoms with Crippen LogP contribution in [0.25, 0.3) is 0 Å². The Morgan fingerprint density at radius 3 is 2.16 bits per heavy atom. The lowest BCUT2D eigenvalue weighted by Crippen LogP contribution is -2.31. The summed E-state index contributed by atoms with van der Waals surface area (Å²) in [4.78, 5) is 4.34. The van der Waals surface area contributed by atoms with Crippen molar-refractivity contribution >= 4 is 29.9 Å². The van der Waals surface area contributed by atoms with Crippen LogP contribution >= 0.6 is 24.0 Å². The Labute approximate surface area is 165 Å². The van der Waals surface area contributed by atoms with E-state index in [1.165, 1.54) is 0 Å². The van der Waals surface area contributed by atoms with E-state index in [-0.39, 0.29) is 24.0 Å². The monoisotopic (exact) mass is 457 g/mol. The zero-order chi connectivity index (χ0) is 17.4. The summed E-state index contributed by atoms with van der Waals surface area (Å²) in [6.07, 6.45) is 0. The molecule has 0 aliphatic carbocycles. The van der Waals surface area contributed by atoms with E-state index in [1.807, 2.05) is 42.5 Å². The van der Waals surface area contributed by atoms with Gasteiger partial charge in [-0.05, 0) is 35.4 Å². The molecule has 2 rings (SSSR count). The van der Waals surface area contributed by atoms with Gasteiger partial charge in [-0.2, -0.15) is 0 Å². The summed E-state index contributed by atoms with van der Waals surface area (Å²) < 4.78 is 15.6. The third-order valence-corrected chi connectivity index (χ3v) is 3.51. The van der Waals surface area contributed by atoms with Gasteiger partial charge in [-0.1, -0.05) is 18.2 Å². The Bertz CT molecular complexity index is 690. The highest BCUT2D eigenvalue weighted by Crippen LogP contribution is 2.27. The molecule has 136 valence electrons. The molecule has 0 aromatic heterocycles. The van der Waals surface area contributed by atoms with Crippen LogP contribution in [0.1, 0.15) is 11.1 Å². The van der Waals surface area contributed by atoms with E-state index in [4.69, 9.17) is 19.9 Å². The van der Waals surface area contributed by atoms with Crippen LogP contribution in [0, 0.1) is 0 Å². The average molecular weight is 457 g/mol. The van der Waals surface area contributed by atoms with Gasteiger partial charge in [0.2, 0.25) is 0 Å². The minimum absolute atomic E-state index is 0. The molecule has 0 aliphatic heterocycles. The van der Waals surface area contributed by atoms with Crippen molar-refractivity contribution in [3.63, 3.8) is 0 Å². The van der Waals surface area contributed by atoms with Gasteiger partial charge in [-0.25, -0.2) is 4.99 Å².